The number of ketones is 1. The third kappa shape index (κ3) is 7.61. The molecular weight excluding hydrogens is 590 g/mol. The van der Waals surface area contributed by atoms with Crippen molar-refractivity contribution in [1.82, 2.24) is 24.9 Å². The number of rotatable bonds is 5. The molecule has 0 unspecified atom stereocenters. The van der Waals surface area contributed by atoms with E-state index in [2.05, 4.69) is 10.4 Å². The Kier molecular flexibility index (Phi) is 10.8. The number of nitrogens with one attached hydrogen (secondary N) is 1. The normalized spacial score (nSPS) is 19.5. The molecule has 2 bridgehead atoms. The molecule has 1 fully saturated rings. The summed E-state index contributed by atoms with van der Waals surface area (Å²) < 4.78 is 7.89. The Balaban J connectivity index is 0.00000134. The van der Waals surface area contributed by atoms with E-state index in [0.29, 0.717) is 94.9 Å². The van der Waals surface area contributed by atoms with E-state index in [1.54, 1.807) is 34.2 Å². The number of carbonyl (C=O) groups excluding carboxylic acids is 4. The van der Waals surface area contributed by atoms with Gasteiger partial charge in [0, 0.05) is 81.5 Å². The minimum absolute atomic E-state index is 0.0309. The molecule has 1 aliphatic carbocycles. The Morgan fingerprint density at radius 1 is 1.02 bits per heavy atom. The maximum Gasteiger partial charge on any atom is 0.290 e. The van der Waals surface area contributed by atoms with E-state index in [1.165, 1.54) is 0 Å². The van der Waals surface area contributed by atoms with Gasteiger partial charge in [0.05, 0.1) is 12.5 Å². The molecule has 12 heteroatoms. The smallest absolute Gasteiger partial charge is 0.290 e. The molecule has 1 aromatic heterocycles. The number of hydrogen-bond donors (Lipinski definition) is 2. The second kappa shape index (κ2) is 15.3. The van der Waals surface area contributed by atoms with Crippen LogP contribution >= 0.6 is 0 Å². The third-order valence-electron chi connectivity index (χ3n) is 8.75. The van der Waals surface area contributed by atoms with Gasteiger partial charge in [0.25, 0.3) is 12.4 Å². The largest absolute Gasteiger partial charge is 0.494 e. The number of nitrogens with zero attached hydrogens (tertiary/aromatic N) is 4. The standard InChI is InChI=1S/C33H37N5O5.CH2O2/c39-30-12-11-25-26(30)8-2-9-27(25)33(42)36-15-5-19-43-24-7-1-6-23(20-24)28-21-37(22-29(28)32(41)34-14-18-36)31(40)10-3-16-38-17-4-13-35-38;2-1-3/h1-2,4,6-9,13,17,20,28-29H,3,5,10-12,14-16,18-19,21-22H2,(H,34,41);1H,(H,2,3)/t28-,29+;/m1./s1. The number of ether oxygens (including phenoxy) is 1. The lowest BCUT2D eigenvalue weighted by Gasteiger charge is -2.25. The van der Waals surface area contributed by atoms with Crippen LogP contribution in [0.15, 0.2) is 60.9 Å². The monoisotopic (exact) mass is 629 g/mol. The van der Waals surface area contributed by atoms with E-state index in [1.807, 2.05) is 41.2 Å². The van der Waals surface area contributed by atoms with Crippen LogP contribution in [0, 0.1) is 5.92 Å². The number of Topliss-reactive ketones (excluding diaryl/α,β-unsaturated/α-hetero) is 1. The highest BCUT2D eigenvalue weighted by Crippen LogP contribution is 2.35. The highest BCUT2D eigenvalue weighted by molar-refractivity contribution is 6.05. The fourth-order valence-electron chi connectivity index (χ4n) is 6.50. The van der Waals surface area contributed by atoms with Gasteiger partial charge in [0.15, 0.2) is 5.78 Å². The summed E-state index contributed by atoms with van der Waals surface area (Å²) in [7, 11) is 0. The van der Waals surface area contributed by atoms with Crippen molar-refractivity contribution in [3.05, 3.63) is 83.2 Å². The molecule has 3 aromatic rings. The summed E-state index contributed by atoms with van der Waals surface area (Å²) in [4.78, 5) is 64.7. The number of aromatic nitrogens is 2. The van der Waals surface area contributed by atoms with Crippen molar-refractivity contribution >= 4 is 30.0 Å². The van der Waals surface area contributed by atoms with Crippen LogP contribution in [-0.2, 0) is 27.3 Å². The molecule has 2 N–H and O–H groups in total. The number of carboxylic acid groups (broad SMARTS) is 1. The molecule has 1 saturated heterocycles. The maximum absolute atomic E-state index is 13.7. The van der Waals surface area contributed by atoms with Crippen molar-refractivity contribution in [3.63, 3.8) is 0 Å². The second-order valence-corrected chi connectivity index (χ2v) is 11.6. The molecule has 2 aliphatic heterocycles. The molecule has 12 nitrogen and oxygen atoms in total. The average molecular weight is 630 g/mol. The topological polar surface area (TPSA) is 151 Å². The van der Waals surface area contributed by atoms with E-state index in [0.717, 1.165) is 11.1 Å². The van der Waals surface area contributed by atoms with E-state index in [-0.39, 0.29) is 35.9 Å². The van der Waals surface area contributed by atoms with Crippen LogP contribution in [0.25, 0.3) is 0 Å². The van der Waals surface area contributed by atoms with E-state index >= 15 is 0 Å². The van der Waals surface area contributed by atoms with Crippen LogP contribution in [0.2, 0.25) is 0 Å². The minimum atomic E-state index is -0.416. The van der Waals surface area contributed by atoms with Gasteiger partial charge in [-0.2, -0.15) is 5.10 Å². The van der Waals surface area contributed by atoms with Gasteiger partial charge < -0.3 is 25.0 Å². The number of hydrogen-bond acceptors (Lipinski definition) is 7. The van der Waals surface area contributed by atoms with Gasteiger partial charge in [-0.25, -0.2) is 0 Å². The number of benzene rings is 2. The maximum atomic E-state index is 13.7. The lowest BCUT2D eigenvalue weighted by atomic mass is 9.88. The fraction of sp³-hybridized carbons (Fsp3) is 0.412. The molecule has 2 aromatic carbocycles. The number of amides is 3. The zero-order valence-electron chi connectivity index (χ0n) is 25.7. The van der Waals surface area contributed by atoms with Crippen LogP contribution < -0.4 is 10.1 Å². The molecule has 0 radical (unpaired) electrons. The van der Waals surface area contributed by atoms with E-state index in [4.69, 9.17) is 14.6 Å². The number of carbonyl (C=O) groups is 5. The molecule has 0 spiro atoms. The summed E-state index contributed by atoms with van der Waals surface area (Å²) in [6.07, 6.45) is 6.27. The van der Waals surface area contributed by atoms with Crippen molar-refractivity contribution in [3.8, 4) is 5.75 Å². The fourth-order valence-corrected chi connectivity index (χ4v) is 6.50. The summed E-state index contributed by atoms with van der Waals surface area (Å²) in [6.45, 7) is 2.73. The highest BCUT2D eigenvalue weighted by Gasteiger charge is 2.40. The molecule has 0 saturated carbocycles. The van der Waals surface area contributed by atoms with Gasteiger partial charge in [-0.15, -0.1) is 0 Å². The Labute approximate surface area is 267 Å². The Morgan fingerprint density at radius 2 is 1.83 bits per heavy atom. The first-order valence-corrected chi connectivity index (χ1v) is 15.7. The van der Waals surface area contributed by atoms with Gasteiger partial charge in [-0.3, -0.25) is 28.7 Å². The van der Waals surface area contributed by atoms with Crippen molar-refractivity contribution in [2.24, 2.45) is 5.92 Å². The summed E-state index contributed by atoms with van der Waals surface area (Å²) in [5.41, 5.74) is 2.99. The van der Waals surface area contributed by atoms with Crippen LogP contribution in [0.3, 0.4) is 0 Å². The van der Waals surface area contributed by atoms with E-state index in [9.17, 15) is 19.2 Å². The van der Waals surface area contributed by atoms with Crippen molar-refractivity contribution < 1.29 is 33.8 Å². The minimum Gasteiger partial charge on any atom is -0.494 e. The van der Waals surface area contributed by atoms with Gasteiger partial charge in [0.2, 0.25) is 11.8 Å². The van der Waals surface area contributed by atoms with Crippen molar-refractivity contribution in [2.75, 3.05) is 39.3 Å². The van der Waals surface area contributed by atoms with Crippen LogP contribution in [0.5, 0.6) is 5.75 Å². The molecular formula is C34H39N5O7. The zero-order valence-corrected chi connectivity index (χ0v) is 25.7. The van der Waals surface area contributed by atoms with Gasteiger partial charge in [-0.05, 0) is 54.7 Å². The molecule has 6 rings (SSSR count). The first kappa shape index (κ1) is 32.4. The van der Waals surface area contributed by atoms with Crippen LogP contribution in [-0.4, -0.2) is 94.0 Å². The molecule has 242 valence electrons. The summed E-state index contributed by atoms with van der Waals surface area (Å²) in [6, 6.07) is 15.0. The first-order chi connectivity index (χ1) is 22.4. The Bertz CT molecular complexity index is 1560. The van der Waals surface area contributed by atoms with Crippen LogP contribution in [0.1, 0.15) is 63.4 Å². The van der Waals surface area contributed by atoms with Gasteiger partial charge in [0.1, 0.15) is 5.75 Å². The molecule has 3 aliphatic rings. The quantitative estimate of drug-likeness (QED) is 0.409. The van der Waals surface area contributed by atoms with Crippen molar-refractivity contribution in [2.45, 2.75) is 44.6 Å². The lowest BCUT2D eigenvalue weighted by molar-refractivity contribution is -0.131. The summed E-state index contributed by atoms with van der Waals surface area (Å²) >= 11 is 0. The highest BCUT2D eigenvalue weighted by atomic mass is 16.5. The SMILES string of the molecule is O=C1CCc2c1cccc2C(=O)N1CCCOc2cccc(c2)[C@H]2CN(C(=O)CCCn3cccn3)C[C@@H]2C(=O)NCC1.O=CO. The average Bonchev–Trinajstić information content (AvgIpc) is 3.83. The molecule has 3 heterocycles. The molecule has 46 heavy (non-hydrogen) atoms. The second-order valence-electron chi connectivity index (χ2n) is 11.6. The van der Waals surface area contributed by atoms with Crippen molar-refractivity contribution in [1.29, 1.82) is 0 Å². The number of fused-ring (bicyclic) bond motifs is 5. The van der Waals surface area contributed by atoms with Crippen LogP contribution in [0.4, 0.5) is 0 Å². The third-order valence-corrected chi connectivity index (χ3v) is 8.75. The predicted molar refractivity (Wildman–Crippen MR) is 168 cm³/mol. The van der Waals surface area contributed by atoms with Gasteiger partial charge >= 0.3 is 0 Å². The predicted octanol–water partition coefficient (Wildman–Crippen LogP) is 2.78. The first-order valence-electron chi connectivity index (χ1n) is 15.7. The number of likely N-dealkylation sites (tertiary alicyclic amines) is 1. The molecule has 3 amide bonds. The Hall–Kier alpha value is -5.00. The summed E-state index contributed by atoms with van der Waals surface area (Å²) in [5, 5.41) is 14.2. The molecule has 2 atom stereocenters. The lowest BCUT2D eigenvalue weighted by Crippen LogP contribution is -2.42. The van der Waals surface area contributed by atoms with Gasteiger partial charge in [-0.1, -0.05) is 24.3 Å². The zero-order chi connectivity index (χ0) is 32.5. The number of aryl methyl sites for hydroxylation is 1. The Morgan fingerprint density at radius 3 is 2.63 bits per heavy atom. The summed E-state index contributed by atoms with van der Waals surface area (Å²) in [5.74, 6) is -0.0348. The van der Waals surface area contributed by atoms with E-state index < -0.39 is 5.92 Å².